The van der Waals surface area contributed by atoms with Crippen molar-refractivity contribution in [3.8, 4) is 0 Å². The summed E-state index contributed by atoms with van der Waals surface area (Å²) in [5.74, 6) is -0.872. The molecule has 0 bridgehead atoms. The number of carboxylic acid groups (broad SMARTS) is 1. The van der Waals surface area contributed by atoms with Crippen molar-refractivity contribution in [3.05, 3.63) is 35.4 Å². The summed E-state index contributed by atoms with van der Waals surface area (Å²) in [6.07, 6.45) is 2.00. The van der Waals surface area contributed by atoms with Crippen molar-refractivity contribution in [2.75, 3.05) is 0 Å². The van der Waals surface area contributed by atoms with Crippen molar-refractivity contribution in [2.24, 2.45) is 5.41 Å². The highest BCUT2D eigenvalue weighted by molar-refractivity contribution is 5.76. The molecule has 2 N–H and O–H groups in total. The zero-order valence-corrected chi connectivity index (χ0v) is 10.0. The topological polar surface area (TPSA) is 57.5 Å². The van der Waals surface area contributed by atoms with Crippen molar-refractivity contribution in [2.45, 2.75) is 38.7 Å². The van der Waals surface area contributed by atoms with Gasteiger partial charge in [-0.25, -0.2) is 0 Å². The molecule has 0 radical (unpaired) electrons. The number of aryl methyl sites for hydroxylation is 1. The van der Waals surface area contributed by atoms with E-state index >= 15 is 0 Å². The van der Waals surface area contributed by atoms with Gasteiger partial charge in [-0.3, -0.25) is 4.79 Å². The van der Waals surface area contributed by atoms with Gasteiger partial charge < -0.3 is 10.2 Å². The number of aliphatic hydroxyl groups excluding tert-OH is 1. The fraction of sp³-hybridized carbons (Fsp3) is 0.500. The van der Waals surface area contributed by atoms with E-state index < -0.39 is 17.5 Å². The first-order valence-corrected chi connectivity index (χ1v) is 6.04. The van der Waals surface area contributed by atoms with Gasteiger partial charge in [0.15, 0.2) is 0 Å². The number of carbonyl (C=O) groups is 1. The Morgan fingerprint density at radius 3 is 2.24 bits per heavy atom. The van der Waals surface area contributed by atoms with Crippen LogP contribution in [0.1, 0.15) is 42.9 Å². The Morgan fingerprint density at radius 2 is 1.76 bits per heavy atom. The second-order valence-electron chi connectivity index (χ2n) is 4.98. The summed E-state index contributed by atoms with van der Waals surface area (Å²) in [6, 6.07) is 7.46. The van der Waals surface area contributed by atoms with E-state index in [9.17, 15) is 15.0 Å². The Hall–Kier alpha value is -1.35. The first kappa shape index (κ1) is 12.1. The van der Waals surface area contributed by atoms with E-state index in [1.165, 1.54) is 0 Å². The van der Waals surface area contributed by atoms with Gasteiger partial charge in [0.25, 0.3) is 0 Å². The minimum atomic E-state index is -0.977. The second kappa shape index (κ2) is 4.49. The molecule has 1 aliphatic carbocycles. The molecule has 92 valence electrons. The lowest BCUT2D eigenvalue weighted by Gasteiger charge is -2.30. The molecular formula is C14H18O3. The third-order valence-electron chi connectivity index (χ3n) is 3.84. The van der Waals surface area contributed by atoms with E-state index in [4.69, 9.17) is 0 Å². The van der Waals surface area contributed by atoms with Crippen LogP contribution in [0.3, 0.4) is 0 Å². The molecular weight excluding hydrogens is 216 g/mol. The molecule has 3 heteroatoms. The van der Waals surface area contributed by atoms with Gasteiger partial charge in [0, 0.05) is 0 Å². The molecule has 0 heterocycles. The SMILES string of the molecule is Cc1ccc(C(O)C2(C(=O)O)CCCC2)cc1. The molecule has 0 spiro atoms. The zero-order valence-electron chi connectivity index (χ0n) is 10.0. The third kappa shape index (κ3) is 2.07. The summed E-state index contributed by atoms with van der Waals surface area (Å²) in [6.45, 7) is 1.97. The highest BCUT2D eigenvalue weighted by Crippen LogP contribution is 2.47. The fourth-order valence-electron chi connectivity index (χ4n) is 2.68. The summed E-state index contributed by atoms with van der Waals surface area (Å²) >= 11 is 0. The van der Waals surface area contributed by atoms with Crippen molar-refractivity contribution in [1.29, 1.82) is 0 Å². The Bertz CT molecular complexity index is 402. The summed E-state index contributed by atoms with van der Waals surface area (Å²) in [5, 5.41) is 19.7. The molecule has 1 unspecified atom stereocenters. The smallest absolute Gasteiger partial charge is 0.312 e. The molecule has 0 aromatic heterocycles. The van der Waals surface area contributed by atoms with E-state index in [1.807, 2.05) is 31.2 Å². The molecule has 1 saturated carbocycles. The Kier molecular flexibility index (Phi) is 3.20. The summed E-state index contributed by atoms with van der Waals surface area (Å²) < 4.78 is 0. The maximum Gasteiger partial charge on any atom is 0.312 e. The largest absolute Gasteiger partial charge is 0.481 e. The Balaban J connectivity index is 2.31. The van der Waals surface area contributed by atoms with Crippen LogP contribution < -0.4 is 0 Å². The van der Waals surface area contributed by atoms with Crippen LogP contribution in [0.15, 0.2) is 24.3 Å². The molecule has 17 heavy (non-hydrogen) atoms. The van der Waals surface area contributed by atoms with Crippen molar-refractivity contribution >= 4 is 5.97 Å². The van der Waals surface area contributed by atoms with Gasteiger partial charge in [0.05, 0.1) is 11.5 Å². The van der Waals surface area contributed by atoms with Crippen LogP contribution in [0.25, 0.3) is 0 Å². The molecule has 1 atom stereocenters. The van der Waals surface area contributed by atoms with E-state index in [0.29, 0.717) is 18.4 Å². The number of rotatable bonds is 3. The molecule has 1 aromatic carbocycles. The minimum Gasteiger partial charge on any atom is -0.481 e. The van der Waals surface area contributed by atoms with E-state index in [-0.39, 0.29) is 0 Å². The van der Waals surface area contributed by atoms with E-state index in [1.54, 1.807) is 0 Å². The number of benzene rings is 1. The molecule has 1 aliphatic rings. The van der Waals surface area contributed by atoms with Crippen LogP contribution in [-0.4, -0.2) is 16.2 Å². The first-order valence-electron chi connectivity index (χ1n) is 6.04. The van der Waals surface area contributed by atoms with Gasteiger partial charge in [-0.15, -0.1) is 0 Å². The van der Waals surface area contributed by atoms with Gasteiger partial charge in [0.1, 0.15) is 0 Å². The monoisotopic (exact) mass is 234 g/mol. The van der Waals surface area contributed by atoms with Crippen molar-refractivity contribution in [1.82, 2.24) is 0 Å². The molecule has 0 amide bonds. The van der Waals surface area contributed by atoms with Gasteiger partial charge in [0.2, 0.25) is 0 Å². The van der Waals surface area contributed by atoms with Crippen LogP contribution in [0, 0.1) is 12.3 Å². The lowest BCUT2D eigenvalue weighted by Crippen LogP contribution is -2.34. The van der Waals surface area contributed by atoms with Crippen molar-refractivity contribution < 1.29 is 15.0 Å². The molecule has 0 aliphatic heterocycles. The van der Waals surface area contributed by atoms with Gasteiger partial charge in [-0.2, -0.15) is 0 Å². The van der Waals surface area contributed by atoms with Crippen LogP contribution in [0.5, 0.6) is 0 Å². The Morgan fingerprint density at radius 1 is 1.24 bits per heavy atom. The summed E-state index contributed by atoms with van der Waals surface area (Å²) in [7, 11) is 0. The summed E-state index contributed by atoms with van der Waals surface area (Å²) in [5.41, 5.74) is 0.839. The predicted octanol–water partition coefficient (Wildman–Crippen LogP) is 2.67. The zero-order chi connectivity index (χ0) is 12.5. The fourth-order valence-corrected chi connectivity index (χ4v) is 2.68. The number of aliphatic carboxylic acids is 1. The highest BCUT2D eigenvalue weighted by atomic mass is 16.4. The maximum absolute atomic E-state index is 11.4. The summed E-state index contributed by atoms with van der Waals surface area (Å²) in [4.78, 5) is 11.4. The molecule has 0 saturated heterocycles. The minimum absolute atomic E-state index is 0.567. The molecule has 1 aromatic rings. The molecule has 2 rings (SSSR count). The molecule has 3 nitrogen and oxygen atoms in total. The third-order valence-corrected chi connectivity index (χ3v) is 3.84. The lowest BCUT2D eigenvalue weighted by atomic mass is 9.77. The average Bonchev–Trinajstić information content (AvgIpc) is 2.79. The van der Waals surface area contributed by atoms with E-state index in [2.05, 4.69) is 0 Å². The second-order valence-corrected chi connectivity index (χ2v) is 4.98. The first-order chi connectivity index (χ1) is 8.06. The van der Waals surface area contributed by atoms with Crippen molar-refractivity contribution in [3.63, 3.8) is 0 Å². The lowest BCUT2D eigenvalue weighted by molar-refractivity contribution is -0.156. The number of aliphatic hydroxyl groups is 1. The average molecular weight is 234 g/mol. The van der Waals surface area contributed by atoms with Crippen LogP contribution in [0.2, 0.25) is 0 Å². The number of hydrogen-bond acceptors (Lipinski definition) is 2. The number of hydrogen-bond donors (Lipinski definition) is 2. The standard InChI is InChI=1S/C14H18O3/c1-10-4-6-11(7-5-10)12(15)14(13(16)17)8-2-3-9-14/h4-7,12,15H,2-3,8-9H2,1H3,(H,16,17). The van der Waals surface area contributed by atoms with E-state index in [0.717, 1.165) is 18.4 Å². The van der Waals surface area contributed by atoms with Gasteiger partial charge >= 0.3 is 5.97 Å². The normalized spacial score (nSPS) is 20.1. The quantitative estimate of drug-likeness (QED) is 0.845. The Labute approximate surface area is 101 Å². The van der Waals surface area contributed by atoms with Gasteiger partial charge in [-0.1, -0.05) is 42.7 Å². The van der Waals surface area contributed by atoms with Crippen LogP contribution in [0.4, 0.5) is 0 Å². The highest BCUT2D eigenvalue weighted by Gasteiger charge is 2.47. The predicted molar refractivity (Wildman–Crippen MR) is 64.7 cm³/mol. The molecule has 1 fully saturated rings. The van der Waals surface area contributed by atoms with Crippen LogP contribution in [-0.2, 0) is 4.79 Å². The number of carboxylic acids is 1. The maximum atomic E-state index is 11.4. The van der Waals surface area contributed by atoms with Crippen LogP contribution >= 0.6 is 0 Å². The van der Waals surface area contributed by atoms with Gasteiger partial charge in [-0.05, 0) is 25.3 Å².